The molecule has 0 spiro atoms. The number of rotatable bonds is 2. The second-order valence-corrected chi connectivity index (χ2v) is 2.75. The Hall–Kier alpha value is -2.00. The van der Waals surface area contributed by atoms with E-state index in [9.17, 15) is 4.79 Å². The van der Waals surface area contributed by atoms with E-state index in [4.69, 9.17) is 5.73 Å². The van der Waals surface area contributed by atoms with Crippen molar-refractivity contribution in [2.24, 2.45) is 0 Å². The Balaban J connectivity index is 3.09. The van der Waals surface area contributed by atoms with Crippen molar-refractivity contribution in [2.75, 3.05) is 31.8 Å². The average molecular weight is 207 g/mol. The van der Waals surface area contributed by atoms with Crippen LogP contribution in [0.4, 0.5) is 5.82 Å². The summed E-state index contributed by atoms with van der Waals surface area (Å²) in [7, 11) is 3.41. The molecule has 1 heterocycles. The second-order valence-electron chi connectivity index (χ2n) is 2.75. The Bertz CT molecular complexity index is 454. The van der Waals surface area contributed by atoms with E-state index in [2.05, 4.69) is 27.6 Å². The molecule has 0 saturated carbocycles. The van der Waals surface area contributed by atoms with Crippen molar-refractivity contribution in [3.8, 4) is 11.8 Å². The maximum absolute atomic E-state index is 11.2. The Morgan fingerprint density at radius 1 is 1.60 bits per heavy atom. The van der Waals surface area contributed by atoms with E-state index in [0.29, 0.717) is 12.1 Å². The number of nitrogens with two attached hydrogens (primary N) is 1. The van der Waals surface area contributed by atoms with Crippen LogP contribution in [-0.2, 0) is 0 Å². The molecule has 1 aromatic heterocycles. The molecule has 0 amide bonds. The minimum Gasteiger partial charge on any atom is -0.382 e. The van der Waals surface area contributed by atoms with Gasteiger partial charge in [0, 0.05) is 7.05 Å². The third-order valence-corrected chi connectivity index (χ3v) is 1.69. The molecule has 4 N–H and O–H groups in total. The van der Waals surface area contributed by atoms with Crippen LogP contribution >= 0.6 is 0 Å². The number of anilines is 1. The van der Waals surface area contributed by atoms with Crippen LogP contribution in [0.25, 0.3) is 0 Å². The quantitative estimate of drug-likeness (QED) is 0.518. The summed E-state index contributed by atoms with van der Waals surface area (Å²) in [5, 5.41) is 2.88. The largest absolute Gasteiger partial charge is 0.382 e. The first kappa shape index (κ1) is 11.1. The molecular formula is C9H13N5O. The molecule has 0 saturated heterocycles. The van der Waals surface area contributed by atoms with Gasteiger partial charge in [0.2, 0.25) is 0 Å². The first-order chi connectivity index (χ1) is 7.19. The molecule has 1 aromatic rings. The summed E-state index contributed by atoms with van der Waals surface area (Å²) < 4.78 is 1.22. The van der Waals surface area contributed by atoms with Crippen LogP contribution < -0.4 is 22.2 Å². The number of nitrogens with zero attached hydrogens (tertiary/aromatic N) is 2. The lowest BCUT2D eigenvalue weighted by Crippen LogP contribution is -2.29. The molecular weight excluding hydrogens is 194 g/mol. The van der Waals surface area contributed by atoms with E-state index < -0.39 is 5.69 Å². The minimum absolute atomic E-state index is 0.148. The Morgan fingerprint density at radius 2 is 2.33 bits per heavy atom. The third kappa shape index (κ3) is 2.72. The van der Waals surface area contributed by atoms with Crippen LogP contribution in [0.1, 0.15) is 5.56 Å². The summed E-state index contributed by atoms with van der Waals surface area (Å²) in [4.78, 5) is 14.8. The van der Waals surface area contributed by atoms with Crippen molar-refractivity contribution in [1.29, 1.82) is 0 Å². The van der Waals surface area contributed by atoms with Gasteiger partial charge in [-0.1, -0.05) is 11.8 Å². The number of hydrogen-bond acceptors (Lipinski definition) is 5. The van der Waals surface area contributed by atoms with Gasteiger partial charge in [-0.15, -0.1) is 0 Å². The van der Waals surface area contributed by atoms with Crippen molar-refractivity contribution < 1.29 is 0 Å². The first-order valence-electron chi connectivity index (χ1n) is 4.39. The topological polar surface area (TPSA) is 85.0 Å². The summed E-state index contributed by atoms with van der Waals surface area (Å²) in [5.41, 5.74) is 8.29. The van der Waals surface area contributed by atoms with Crippen LogP contribution in [0.5, 0.6) is 0 Å². The lowest BCUT2D eigenvalue weighted by atomic mass is 10.3. The zero-order valence-corrected chi connectivity index (χ0v) is 8.66. The first-order valence-corrected chi connectivity index (χ1v) is 4.39. The van der Waals surface area contributed by atoms with Crippen LogP contribution in [0.15, 0.2) is 11.0 Å². The zero-order chi connectivity index (χ0) is 11.3. The highest BCUT2D eigenvalue weighted by Crippen LogP contribution is 2.00. The van der Waals surface area contributed by atoms with E-state index in [1.807, 2.05) is 0 Å². The molecule has 15 heavy (non-hydrogen) atoms. The van der Waals surface area contributed by atoms with Crippen LogP contribution in [-0.4, -0.2) is 30.3 Å². The number of nitrogen functional groups attached to an aromatic ring is 1. The molecule has 6 heteroatoms. The maximum Gasteiger partial charge on any atom is 0.368 e. The molecule has 6 nitrogen and oxygen atoms in total. The molecule has 0 bridgehead atoms. The molecule has 0 aliphatic rings. The zero-order valence-electron chi connectivity index (χ0n) is 8.66. The normalized spacial score (nSPS) is 9.20. The fourth-order valence-corrected chi connectivity index (χ4v) is 0.952. The van der Waals surface area contributed by atoms with E-state index >= 15 is 0 Å². The summed E-state index contributed by atoms with van der Waals surface area (Å²) in [6.45, 7) is 0.554. The highest BCUT2D eigenvalue weighted by molar-refractivity contribution is 5.49. The molecule has 0 radical (unpaired) electrons. The predicted octanol–water partition coefficient (Wildman–Crippen LogP) is -1.43. The smallest absolute Gasteiger partial charge is 0.368 e. The third-order valence-electron chi connectivity index (χ3n) is 1.69. The fourth-order valence-electron chi connectivity index (χ4n) is 0.952. The minimum atomic E-state index is -0.450. The van der Waals surface area contributed by atoms with Gasteiger partial charge in [-0.3, -0.25) is 0 Å². The molecule has 80 valence electrons. The van der Waals surface area contributed by atoms with Gasteiger partial charge in [-0.2, -0.15) is 4.98 Å². The predicted molar refractivity (Wildman–Crippen MR) is 59.0 cm³/mol. The van der Waals surface area contributed by atoms with Gasteiger partial charge in [-0.05, 0) is 7.05 Å². The van der Waals surface area contributed by atoms with Gasteiger partial charge < -0.3 is 16.5 Å². The Labute approximate surface area is 87.5 Å². The summed E-state index contributed by atoms with van der Waals surface area (Å²) >= 11 is 0. The van der Waals surface area contributed by atoms with E-state index in [1.54, 1.807) is 14.1 Å². The van der Waals surface area contributed by atoms with Crippen molar-refractivity contribution >= 4 is 5.82 Å². The van der Waals surface area contributed by atoms with Crippen molar-refractivity contribution in [3.63, 3.8) is 0 Å². The van der Waals surface area contributed by atoms with E-state index in [1.165, 1.54) is 10.9 Å². The van der Waals surface area contributed by atoms with Crippen molar-refractivity contribution in [2.45, 2.75) is 0 Å². The number of hydrogen-bond donors (Lipinski definition) is 3. The number of aromatic nitrogens is 2. The summed E-state index contributed by atoms with van der Waals surface area (Å²) in [6, 6.07) is 0. The number of nitrogens with one attached hydrogen (secondary N) is 2. The highest BCUT2D eigenvalue weighted by atomic mass is 16.1. The van der Waals surface area contributed by atoms with Crippen molar-refractivity contribution in [1.82, 2.24) is 15.0 Å². The highest BCUT2D eigenvalue weighted by Gasteiger charge is 2.01. The van der Waals surface area contributed by atoms with E-state index in [-0.39, 0.29) is 5.82 Å². The van der Waals surface area contributed by atoms with Gasteiger partial charge in [0.15, 0.2) is 0 Å². The van der Waals surface area contributed by atoms with Crippen LogP contribution in [0.3, 0.4) is 0 Å². The lowest BCUT2D eigenvalue weighted by molar-refractivity contribution is 0.823. The summed E-state index contributed by atoms with van der Waals surface area (Å²) in [5.74, 6) is 5.80. The van der Waals surface area contributed by atoms with Gasteiger partial charge >= 0.3 is 5.69 Å². The van der Waals surface area contributed by atoms with Crippen LogP contribution in [0, 0.1) is 11.8 Å². The second kappa shape index (κ2) is 5.02. The molecule has 0 fully saturated rings. The average Bonchev–Trinajstić information content (AvgIpc) is 2.21. The monoisotopic (exact) mass is 207 g/mol. The fraction of sp³-hybridized carbons (Fsp3) is 0.333. The van der Waals surface area contributed by atoms with Gasteiger partial charge in [0.25, 0.3) is 0 Å². The van der Waals surface area contributed by atoms with Gasteiger partial charge in [-0.25, -0.2) is 9.47 Å². The van der Waals surface area contributed by atoms with Crippen LogP contribution in [0.2, 0.25) is 0 Å². The lowest BCUT2D eigenvalue weighted by Gasteiger charge is -2.04. The van der Waals surface area contributed by atoms with Gasteiger partial charge in [0.05, 0.1) is 18.3 Å². The van der Waals surface area contributed by atoms with E-state index in [0.717, 1.165) is 0 Å². The Kier molecular flexibility index (Phi) is 3.71. The molecule has 0 unspecified atom stereocenters. The molecule has 0 aliphatic heterocycles. The Morgan fingerprint density at radius 3 is 2.93 bits per heavy atom. The van der Waals surface area contributed by atoms with Crippen molar-refractivity contribution in [3.05, 3.63) is 22.2 Å². The standard InChI is InChI=1S/C9H13N5O/c1-11-5-3-4-7-6-14(12-2)9(15)13-8(7)10/h6,11-12H,5H2,1-2H3,(H2,10,13,15). The molecule has 1 rings (SSSR count). The van der Waals surface area contributed by atoms with Gasteiger partial charge in [0.1, 0.15) is 5.82 Å². The molecule has 0 atom stereocenters. The SMILES string of the molecule is CNCC#Cc1cn(NC)c(=O)nc1N. The molecule has 0 aliphatic carbocycles. The summed E-state index contributed by atoms with van der Waals surface area (Å²) in [6.07, 6.45) is 1.52. The maximum atomic E-state index is 11.2. The molecule has 0 aromatic carbocycles.